The van der Waals surface area contributed by atoms with Crippen molar-refractivity contribution in [1.29, 1.82) is 0 Å². The van der Waals surface area contributed by atoms with Gasteiger partial charge in [0.25, 0.3) is 0 Å². The predicted octanol–water partition coefficient (Wildman–Crippen LogP) is 4.09. The molecule has 0 heterocycles. The molecule has 0 spiro atoms. The number of carbonyl (C=O) groups is 2. The van der Waals surface area contributed by atoms with Crippen LogP contribution in [0.5, 0.6) is 0 Å². The fourth-order valence-electron chi connectivity index (χ4n) is 3.55. The van der Waals surface area contributed by atoms with Crippen LogP contribution in [0.2, 0.25) is 0 Å². The van der Waals surface area contributed by atoms with Crippen molar-refractivity contribution in [2.45, 2.75) is 59.2 Å². The summed E-state index contributed by atoms with van der Waals surface area (Å²) in [5, 5.41) is 2.97. The average Bonchev–Trinajstić information content (AvgIpc) is 2.78. The lowest BCUT2D eigenvalue weighted by Gasteiger charge is -2.33. The first-order valence-electron chi connectivity index (χ1n) is 11.4. The van der Waals surface area contributed by atoms with Crippen LogP contribution < -0.4 is 9.62 Å². The van der Waals surface area contributed by atoms with Gasteiger partial charge in [0.05, 0.1) is 11.9 Å². The molecular weight excluding hydrogens is 565 g/mol. The maximum absolute atomic E-state index is 13.7. The highest BCUT2D eigenvalue weighted by Crippen LogP contribution is 2.21. The topological polar surface area (TPSA) is 86.8 Å². The van der Waals surface area contributed by atoms with Crippen molar-refractivity contribution in [3.8, 4) is 0 Å². The molecule has 0 fully saturated rings. The second-order valence-corrected chi connectivity index (χ2v) is 11.6. The van der Waals surface area contributed by atoms with Crippen LogP contribution in [0, 0.1) is 10.5 Å². The molecule has 0 saturated carbocycles. The first kappa shape index (κ1) is 28.1. The van der Waals surface area contributed by atoms with E-state index in [0.29, 0.717) is 12.1 Å². The van der Waals surface area contributed by atoms with E-state index in [9.17, 15) is 18.0 Å². The van der Waals surface area contributed by atoms with Gasteiger partial charge in [0.2, 0.25) is 21.8 Å². The second kappa shape index (κ2) is 12.5. The minimum absolute atomic E-state index is 0.0312. The zero-order valence-corrected chi connectivity index (χ0v) is 23.4. The number of halogens is 1. The average molecular weight is 600 g/mol. The number of hydrogen-bond donors (Lipinski definition) is 1. The van der Waals surface area contributed by atoms with E-state index >= 15 is 0 Å². The molecule has 0 aliphatic heterocycles. The third kappa shape index (κ3) is 7.69. The van der Waals surface area contributed by atoms with Crippen LogP contribution in [0.3, 0.4) is 0 Å². The molecule has 2 aromatic rings. The Balaban J connectivity index is 2.44. The summed E-state index contributed by atoms with van der Waals surface area (Å²) >= 11 is 2.14. The number of rotatable bonds is 11. The standard InChI is InChI=1S/C25H34IN3O4S/c1-6-19(4)27-25(31)23(7-2)28(16-20-11-9-8-10-18(20)3)24(30)17-29(34(5,32)33)22-14-12-21(26)13-15-22/h8-15,19,23H,6-7,16-17H2,1-5H3,(H,27,31). The van der Waals surface area contributed by atoms with Crippen molar-refractivity contribution in [2.75, 3.05) is 17.1 Å². The first-order chi connectivity index (χ1) is 16.0. The number of nitrogens with one attached hydrogen (secondary N) is 1. The fraction of sp³-hybridized carbons (Fsp3) is 0.440. The molecule has 2 unspecified atom stereocenters. The molecule has 2 rings (SSSR count). The molecular formula is C25H34IN3O4S. The van der Waals surface area contributed by atoms with E-state index in [1.165, 1.54) is 4.90 Å². The van der Waals surface area contributed by atoms with Gasteiger partial charge in [0.15, 0.2) is 0 Å². The summed E-state index contributed by atoms with van der Waals surface area (Å²) in [6.45, 7) is 7.52. The quantitative estimate of drug-likeness (QED) is 0.395. The number of nitrogens with zero attached hydrogens (tertiary/aromatic N) is 2. The number of carbonyl (C=O) groups excluding carboxylic acids is 2. The Labute approximate surface area is 217 Å². The minimum Gasteiger partial charge on any atom is -0.352 e. The van der Waals surface area contributed by atoms with Crippen LogP contribution in [0.4, 0.5) is 5.69 Å². The summed E-state index contributed by atoms with van der Waals surface area (Å²) in [6, 6.07) is 13.9. The van der Waals surface area contributed by atoms with Crippen LogP contribution in [0.25, 0.3) is 0 Å². The number of anilines is 1. The number of aryl methyl sites for hydroxylation is 1. The van der Waals surface area contributed by atoms with Gasteiger partial charge in [-0.15, -0.1) is 0 Å². The molecule has 1 N–H and O–H groups in total. The molecule has 0 saturated heterocycles. The second-order valence-electron chi connectivity index (χ2n) is 8.44. The zero-order valence-electron chi connectivity index (χ0n) is 20.4. The van der Waals surface area contributed by atoms with Crippen molar-refractivity contribution in [3.05, 3.63) is 63.2 Å². The number of amides is 2. The van der Waals surface area contributed by atoms with E-state index in [1.54, 1.807) is 24.3 Å². The highest BCUT2D eigenvalue weighted by molar-refractivity contribution is 14.1. The summed E-state index contributed by atoms with van der Waals surface area (Å²) in [5.74, 6) is -0.669. The fourth-order valence-corrected chi connectivity index (χ4v) is 4.76. The van der Waals surface area contributed by atoms with Gasteiger partial charge in [-0.1, -0.05) is 38.1 Å². The molecule has 0 radical (unpaired) electrons. The SMILES string of the molecule is CCC(C)NC(=O)C(CC)N(Cc1ccccc1C)C(=O)CN(c1ccc(I)cc1)S(C)(=O)=O. The summed E-state index contributed by atoms with van der Waals surface area (Å²) in [7, 11) is -3.73. The summed E-state index contributed by atoms with van der Waals surface area (Å²) < 4.78 is 27.3. The first-order valence-corrected chi connectivity index (χ1v) is 14.3. The maximum atomic E-state index is 13.7. The van der Waals surface area contributed by atoms with E-state index in [1.807, 2.05) is 52.0 Å². The lowest BCUT2D eigenvalue weighted by Crippen LogP contribution is -2.53. The minimum atomic E-state index is -3.73. The highest BCUT2D eigenvalue weighted by atomic mass is 127. The third-order valence-corrected chi connectivity index (χ3v) is 7.64. The van der Waals surface area contributed by atoms with Crippen LogP contribution in [-0.4, -0.2) is 50.0 Å². The van der Waals surface area contributed by atoms with Crippen molar-refractivity contribution in [2.24, 2.45) is 0 Å². The maximum Gasteiger partial charge on any atom is 0.244 e. The normalized spacial score (nSPS) is 13.1. The third-order valence-electron chi connectivity index (χ3n) is 5.78. The van der Waals surface area contributed by atoms with Gasteiger partial charge in [-0.25, -0.2) is 8.42 Å². The largest absolute Gasteiger partial charge is 0.352 e. The monoisotopic (exact) mass is 599 g/mol. The van der Waals surface area contributed by atoms with E-state index in [0.717, 1.165) is 31.7 Å². The van der Waals surface area contributed by atoms with Crippen LogP contribution in [0.1, 0.15) is 44.7 Å². The molecule has 0 aliphatic rings. The molecule has 7 nitrogen and oxygen atoms in total. The van der Waals surface area contributed by atoms with Crippen molar-refractivity contribution in [1.82, 2.24) is 10.2 Å². The molecule has 9 heteroatoms. The van der Waals surface area contributed by atoms with Gasteiger partial charge in [0.1, 0.15) is 12.6 Å². The van der Waals surface area contributed by atoms with Crippen molar-refractivity contribution in [3.63, 3.8) is 0 Å². The Morgan fingerprint density at radius 3 is 2.18 bits per heavy atom. The molecule has 2 atom stereocenters. The summed E-state index contributed by atoms with van der Waals surface area (Å²) in [4.78, 5) is 28.3. The molecule has 0 aliphatic carbocycles. The molecule has 186 valence electrons. The number of sulfonamides is 1. The smallest absolute Gasteiger partial charge is 0.244 e. The Hall–Kier alpha value is -2.14. The van der Waals surface area contributed by atoms with Gasteiger partial charge in [-0.05, 0) is 84.7 Å². The Morgan fingerprint density at radius 1 is 1.03 bits per heavy atom. The van der Waals surface area contributed by atoms with Gasteiger partial charge < -0.3 is 10.2 Å². The predicted molar refractivity (Wildman–Crippen MR) is 145 cm³/mol. The van der Waals surface area contributed by atoms with Crippen LogP contribution in [-0.2, 0) is 26.2 Å². The lowest BCUT2D eigenvalue weighted by atomic mass is 10.1. The Morgan fingerprint density at radius 2 is 1.65 bits per heavy atom. The summed E-state index contributed by atoms with van der Waals surface area (Å²) in [5.41, 5.74) is 2.31. The van der Waals surface area contributed by atoms with Gasteiger partial charge in [-0.3, -0.25) is 13.9 Å². The molecule has 2 aromatic carbocycles. The van der Waals surface area contributed by atoms with Gasteiger partial charge in [-0.2, -0.15) is 0 Å². The Bertz CT molecular complexity index is 1090. The van der Waals surface area contributed by atoms with Crippen molar-refractivity contribution < 1.29 is 18.0 Å². The van der Waals surface area contributed by atoms with Gasteiger partial charge >= 0.3 is 0 Å². The molecule has 0 bridgehead atoms. The Kier molecular flexibility index (Phi) is 10.4. The van der Waals surface area contributed by atoms with E-state index in [-0.39, 0.29) is 18.5 Å². The van der Waals surface area contributed by atoms with E-state index in [4.69, 9.17) is 0 Å². The summed E-state index contributed by atoms with van der Waals surface area (Å²) in [6.07, 6.45) is 2.25. The zero-order chi connectivity index (χ0) is 25.5. The number of hydrogen-bond acceptors (Lipinski definition) is 4. The van der Waals surface area contributed by atoms with Crippen LogP contribution in [0.15, 0.2) is 48.5 Å². The lowest BCUT2D eigenvalue weighted by molar-refractivity contribution is -0.140. The highest BCUT2D eigenvalue weighted by Gasteiger charge is 2.32. The molecule has 2 amide bonds. The van der Waals surface area contributed by atoms with Crippen LogP contribution >= 0.6 is 22.6 Å². The molecule has 0 aromatic heterocycles. The van der Waals surface area contributed by atoms with E-state index < -0.39 is 28.5 Å². The number of benzene rings is 2. The van der Waals surface area contributed by atoms with Gasteiger partial charge in [0, 0.05) is 16.2 Å². The van der Waals surface area contributed by atoms with E-state index in [2.05, 4.69) is 27.9 Å². The molecule has 34 heavy (non-hydrogen) atoms. The van der Waals surface area contributed by atoms with Crippen molar-refractivity contribution >= 4 is 50.1 Å².